The topological polar surface area (TPSA) is 79.7 Å². The highest BCUT2D eigenvalue weighted by Crippen LogP contribution is 2.20. The number of piperidine rings is 1. The van der Waals surface area contributed by atoms with Gasteiger partial charge in [0.25, 0.3) is 5.91 Å². The van der Waals surface area contributed by atoms with E-state index in [1.807, 2.05) is 0 Å². The average Bonchev–Trinajstić information content (AvgIpc) is 2.49. The molecule has 1 unspecified atom stereocenters. The van der Waals surface area contributed by atoms with Crippen molar-refractivity contribution in [2.75, 3.05) is 13.1 Å². The number of carboxylic acids is 1. The number of carbonyl (C=O) groups is 2. The summed E-state index contributed by atoms with van der Waals surface area (Å²) in [6.45, 7) is 4.83. The predicted molar refractivity (Wildman–Crippen MR) is 76.5 cm³/mol. The zero-order valence-electron chi connectivity index (χ0n) is 12.3. The lowest BCUT2D eigenvalue weighted by Crippen LogP contribution is -2.43. The molecule has 0 aliphatic carbocycles. The van der Waals surface area contributed by atoms with Gasteiger partial charge in [-0.1, -0.05) is 0 Å². The first kappa shape index (κ1) is 15.3. The fraction of sp³-hybridized carbons (Fsp3) is 0.533. The number of aryl methyl sites for hydroxylation is 1. The zero-order chi connectivity index (χ0) is 15.4. The number of carbonyl (C=O) groups excluding carboxylic acids is 1. The van der Waals surface area contributed by atoms with Gasteiger partial charge in [0.1, 0.15) is 0 Å². The van der Waals surface area contributed by atoms with Gasteiger partial charge in [0.15, 0.2) is 17.5 Å². The quantitative estimate of drug-likeness (QED) is 0.916. The Kier molecular flexibility index (Phi) is 4.77. The first-order valence-electron chi connectivity index (χ1n) is 7.15. The molecule has 1 aromatic heterocycles. The van der Waals surface area contributed by atoms with Crippen molar-refractivity contribution in [1.82, 2.24) is 9.88 Å². The molecule has 1 N–H and O–H groups in total. The normalized spacial score (nSPS) is 16.4. The maximum Gasteiger partial charge on any atom is 0.358 e. The molecular formula is C15H20N2O4. The number of likely N-dealkylation sites (tertiary alicyclic amines) is 1. The van der Waals surface area contributed by atoms with Gasteiger partial charge in [-0.3, -0.25) is 4.79 Å². The SMILES string of the molecule is Cc1ccc(OC(C)C(=O)N2CCCCC2)c(C(=O)O)n1. The van der Waals surface area contributed by atoms with Crippen LogP contribution in [0, 0.1) is 6.92 Å². The van der Waals surface area contributed by atoms with Gasteiger partial charge in [-0.15, -0.1) is 0 Å². The van der Waals surface area contributed by atoms with Crippen molar-refractivity contribution in [2.24, 2.45) is 0 Å². The van der Waals surface area contributed by atoms with Crippen molar-refractivity contribution < 1.29 is 19.4 Å². The van der Waals surface area contributed by atoms with Crippen LogP contribution in [0.2, 0.25) is 0 Å². The fourth-order valence-corrected chi connectivity index (χ4v) is 2.40. The smallest absolute Gasteiger partial charge is 0.358 e. The largest absolute Gasteiger partial charge is 0.478 e. The maximum atomic E-state index is 12.3. The summed E-state index contributed by atoms with van der Waals surface area (Å²) in [7, 11) is 0. The summed E-state index contributed by atoms with van der Waals surface area (Å²) in [5.74, 6) is -1.14. The molecule has 0 spiro atoms. The van der Waals surface area contributed by atoms with Gasteiger partial charge in [0.05, 0.1) is 0 Å². The van der Waals surface area contributed by atoms with Crippen molar-refractivity contribution in [3.63, 3.8) is 0 Å². The number of hydrogen-bond acceptors (Lipinski definition) is 4. The van der Waals surface area contributed by atoms with Crippen LogP contribution in [0.15, 0.2) is 12.1 Å². The van der Waals surface area contributed by atoms with E-state index in [-0.39, 0.29) is 17.4 Å². The number of rotatable bonds is 4. The van der Waals surface area contributed by atoms with Gasteiger partial charge >= 0.3 is 5.97 Å². The second kappa shape index (κ2) is 6.56. The molecule has 2 heterocycles. The monoisotopic (exact) mass is 292 g/mol. The van der Waals surface area contributed by atoms with Crippen molar-refractivity contribution in [2.45, 2.75) is 39.2 Å². The zero-order valence-corrected chi connectivity index (χ0v) is 12.3. The molecule has 1 aromatic rings. The number of pyridine rings is 1. The van der Waals surface area contributed by atoms with Crippen LogP contribution in [-0.4, -0.2) is 46.1 Å². The maximum absolute atomic E-state index is 12.3. The lowest BCUT2D eigenvalue weighted by atomic mass is 10.1. The molecule has 6 nitrogen and oxygen atoms in total. The van der Waals surface area contributed by atoms with Crippen LogP contribution in [0.3, 0.4) is 0 Å². The summed E-state index contributed by atoms with van der Waals surface area (Å²) in [5.41, 5.74) is 0.433. The van der Waals surface area contributed by atoms with E-state index < -0.39 is 12.1 Å². The summed E-state index contributed by atoms with van der Waals surface area (Å²) in [6.07, 6.45) is 2.44. The van der Waals surface area contributed by atoms with Gasteiger partial charge in [-0.05, 0) is 45.2 Å². The van der Waals surface area contributed by atoms with Crippen molar-refractivity contribution in [1.29, 1.82) is 0 Å². The molecule has 0 aromatic carbocycles. The first-order valence-corrected chi connectivity index (χ1v) is 7.15. The van der Waals surface area contributed by atoms with Gasteiger partial charge in [0.2, 0.25) is 0 Å². The number of aromatic carboxylic acids is 1. The van der Waals surface area contributed by atoms with E-state index in [0.717, 1.165) is 32.4 Å². The number of aromatic nitrogens is 1. The van der Waals surface area contributed by atoms with Crippen LogP contribution in [0.4, 0.5) is 0 Å². The Morgan fingerprint density at radius 2 is 1.95 bits per heavy atom. The van der Waals surface area contributed by atoms with E-state index in [1.54, 1.807) is 30.9 Å². The van der Waals surface area contributed by atoms with Crippen molar-refractivity contribution in [3.05, 3.63) is 23.5 Å². The minimum Gasteiger partial charge on any atom is -0.478 e. The van der Waals surface area contributed by atoms with E-state index in [4.69, 9.17) is 9.84 Å². The number of carboxylic acid groups (broad SMARTS) is 1. The van der Waals surface area contributed by atoms with E-state index in [2.05, 4.69) is 4.98 Å². The van der Waals surface area contributed by atoms with E-state index >= 15 is 0 Å². The van der Waals surface area contributed by atoms with Crippen molar-refractivity contribution >= 4 is 11.9 Å². The standard InChI is InChI=1S/C15H20N2O4/c1-10-6-7-12(13(16-10)15(19)20)21-11(2)14(18)17-8-4-3-5-9-17/h6-7,11H,3-5,8-9H2,1-2H3,(H,19,20). The Morgan fingerprint density at radius 1 is 1.29 bits per heavy atom. The van der Waals surface area contributed by atoms with Gasteiger partial charge in [-0.25, -0.2) is 9.78 Å². The van der Waals surface area contributed by atoms with Crippen molar-refractivity contribution in [3.8, 4) is 5.75 Å². The third kappa shape index (κ3) is 3.71. The molecule has 0 radical (unpaired) electrons. The molecule has 1 aliphatic rings. The Balaban J connectivity index is 2.10. The molecule has 0 bridgehead atoms. The molecule has 1 saturated heterocycles. The van der Waals surface area contributed by atoms with Crippen LogP contribution >= 0.6 is 0 Å². The molecule has 1 amide bonds. The van der Waals surface area contributed by atoms with E-state index in [9.17, 15) is 9.59 Å². The molecule has 2 rings (SSSR count). The average molecular weight is 292 g/mol. The van der Waals surface area contributed by atoms with Gasteiger partial charge < -0.3 is 14.7 Å². The number of nitrogens with zero attached hydrogens (tertiary/aromatic N) is 2. The Hall–Kier alpha value is -2.11. The number of ether oxygens (including phenoxy) is 1. The summed E-state index contributed by atoms with van der Waals surface area (Å²) < 4.78 is 5.54. The number of hydrogen-bond donors (Lipinski definition) is 1. The lowest BCUT2D eigenvalue weighted by molar-refractivity contribution is -0.138. The summed E-state index contributed by atoms with van der Waals surface area (Å²) >= 11 is 0. The Morgan fingerprint density at radius 3 is 2.57 bits per heavy atom. The van der Waals surface area contributed by atoms with E-state index in [1.165, 1.54) is 0 Å². The second-order valence-corrected chi connectivity index (χ2v) is 5.25. The summed E-state index contributed by atoms with van der Waals surface area (Å²) in [5, 5.41) is 9.15. The second-order valence-electron chi connectivity index (χ2n) is 5.25. The minimum absolute atomic E-state index is 0.105. The summed E-state index contributed by atoms with van der Waals surface area (Å²) in [6, 6.07) is 3.21. The molecule has 21 heavy (non-hydrogen) atoms. The third-order valence-electron chi connectivity index (χ3n) is 3.52. The molecule has 114 valence electrons. The summed E-state index contributed by atoms with van der Waals surface area (Å²) in [4.78, 5) is 29.2. The molecule has 0 saturated carbocycles. The van der Waals surface area contributed by atoms with Crippen LogP contribution < -0.4 is 4.74 Å². The van der Waals surface area contributed by atoms with Crippen LogP contribution in [0.5, 0.6) is 5.75 Å². The first-order chi connectivity index (χ1) is 9.99. The fourth-order valence-electron chi connectivity index (χ4n) is 2.40. The molecule has 1 atom stereocenters. The number of amides is 1. The van der Waals surface area contributed by atoms with Crippen LogP contribution in [0.1, 0.15) is 42.4 Å². The van der Waals surface area contributed by atoms with E-state index in [0.29, 0.717) is 5.69 Å². The van der Waals surface area contributed by atoms with Gasteiger partial charge in [0, 0.05) is 18.8 Å². The van der Waals surface area contributed by atoms with Crippen LogP contribution in [0.25, 0.3) is 0 Å². The Bertz CT molecular complexity index is 538. The predicted octanol–water partition coefficient (Wildman–Crippen LogP) is 1.87. The van der Waals surface area contributed by atoms with Gasteiger partial charge in [-0.2, -0.15) is 0 Å². The highest BCUT2D eigenvalue weighted by molar-refractivity contribution is 5.89. The molecule has 1 fully saturated rings. The molecular weight excluding hydrogens is 272 g/mol. The molecule has 6 heteroatoms. The minimum atomic E-state index is -1.16. The third-order valence-corrected chi connectivity index (χ3v) is 3.52. The molecule has 1 aliphatic heterocycles. The lowest BCUT2D eigenvalue weighted by Gasteiger charge is -2.29. The van der Waals surface area contributed by atoms with Crippen LogP contribution in [-0.2, 0) is 4.79 Å². The Labute approximate surface area is 123 Å². The highest BCUT2D eigenvalue weighted by atomic mass is 16.5. The highest BCUT2D eigenvalue weighted by Gasteiger charge is 2.25.